The van der Waals surface area contributed by atoms with Gasteiger partial charge in [-0.25, -0.2) is 4.98 Å². The van der Waals surface area contributed by atoms with Gasteiger partial charge in [-0.05, 0) is 60.2 Å². The molecule has 0 saturated carbocycles. The zero-order chi connectivity index (χ0) is 20.7. The van der Waals surface area contributed by atoms with Crippen molar-refractivity contribution in [3.63, 3.8) is 0 Å². The van der Waals surface area contributed by atoms with Crippen molar-refractivity contribution >= 4 is 30.4 Å². The molecule has 1 aliphatic carbocycles. The van der Waals surface area contributed by atoms with E-state index in [4.69, 9.17) is 9.79 Å². The summed E-state index contributed by atoms with van der Waals surface area (Å²) in [6.07, 6.45) is 4.71. The summed E-state index contributed by atoms with van der Waals surface area (Å²) < 4.78 is 12.8. The Bertz CT molecular complexity index is 1280. The van der Waals surface area contributed by atoms with E-state index in [-0.39, 0.29) is 6.16 Å². The molecule has 0 bridgehead atoms. The Morgan fingerprint density at radius 2 is 1.87 bits per heavy atom. The van der Waals surface area contributed by atoms with Crippen LogP contribution in [0.5, 0.6) is 0 Å². The first-order chi connectivity index (χ1) is 14.4. The fraction of sp³-hybridized carbons (Fsp3) is 0.200. The van der Waals surface area contributed by atoms with Gasteiger partial charge in [0.25, 0.3) is 0 Å². The number of hydrogen-bond acceptors (Lipinski definition) is 6. The molecule has 0 amide bonds. The average Bonchev–Trinajstić information content (AvgIpc) is 3.34. The van der Waals surface area contributed by atoms with Crippen LogP contribution in [0, 0.1) is 0 Å². The van der Waals surface area contributed by atoms with Crippen LogP contribution in [0.1, 0.15) is 23.1 Å². The summed E-state index contributed by atoms with van der Waals surface area (Å²) in [5.74, 6) is 0.384. The zero-order valence-corrected chi connectivity index (χ0v) is 16.8. The van der Waals surface area contributed by atoms with Gasteiger partial charge < -0.3 is 15.1 Å². The number of fused-ring (bicyclic) bond motifs is 2. The summed E-state index contributed by atoms with van der Waals surface area (Å²) in [6, 6.07) is 13.1. The van der Waals surface area contributed by atoms with Crippen molar-refractivity contribution in [1.29, 1.82) is 0 Å². The van der Waals surface area contributed by atoms with Crippen molar-refractivity contribution in [2.45, 2.75) is 25.4 Å². The van der Waals surface area contributed by atoms with Gasteiger partial charge in [0, 0.05) is 5.69 Å². The molecule has 2 aromatic carbocycles. The lowest BCUT2D eigenvalue weighted by atomic mass is 10.1. The Hall–Kier alpha value is -3.13. The van der Waals surface area contributed by atoms with E-state index in [0.29, 0.717) is 28.4 Å². The van der Waals surface area contributed by atoms with Gasteiger partial charge in [-0.1, -0.05) is 23.4 Å². The number of hydrogen-bond donors (Lipinski definition) is 3. The molecule has 0 saturated heterocycles. The smallest absolute Gasteiger partial charge is 0.324 e. The number of benzene rings is 2. The van der Waals surface area contributed by atoms with Crippen LogP contribution in [0.15, 0.2) is 48.7 Å². The third kappa shape index (κ3) is 3.82. The van der Waals surface area contributed by atoms with Gasteiger partial charge >= 0.3 is 7.60 Å². The summed E-state index contributed by atoms with van der Waals surface area (Å²) in [6.45, 7) is 0. The molecule has 152 valence electrons. The van der Waals surface area contributed by atoms with Gasteiger partial charge in [0.2, 0.25) is 5.95 Å². The van der Waals surface area contributed by atoms with Crippen molar-refractivity contribution in [2.24, 2.45) is 0 Å². The quantitative estimate of drug-likeness (QED) is 0.419. The molecule has 4 aromatic rings. The Balaban J connectivity index is 1.42. The second kappa shape index (κ2) is 7.28. The summed E-state index contributed by atoms with van der Waals surface area (Å²) >= 11 is 0. The van der Waals surface area contributed by atoms with Crippen LogP contribution < -0.4 is 5.32 Å². The van der Waals surface area contributed by atoms with Crippen LogP contribution in [0.25, 0.3) is 16.9 Å². The van der Waals surface area contributed by atoms with Crippen molar-refractivity contribution in [1.82, 2.24) is 25.0 Å². The molecule has 0 spiro atoms. The highest BCUT2D eigenvalue weighted by atomic mass is 31.2. The van der Waals surface area contributed by atoms with Crippen LogP contribution in [0.3, 0.4) is 0 Å². The Kier molecular flexibility index (Phi) is 4.58. The number of aryl methyl sites for hydroxylation is 2. The predicted octanol–water partition coefficient (Wildman–Crippen LogP) is 3.12. The molecule has 3 N–H and O–H groups in total. The van der Waals surface area contributed by atoms with Crippen molar-refractivity contribution in [3.8, 4) is 5.69 Å². The average molecular weight is 422 g/mol. The first-order valence-corrected chi connectivity index (χ1v) is 11.4. The molecule has 0 fully saturated rings. The van der Waals surface area contributed by atoms with Gasteiger partial charge in [-0.3, -0.25) is 4.57 Å². The molecule has 0 unspecified atom stereocenters. The highest BCUT2D eigenvalue weighted by Crippen LogP contribution is 2.39. The first kappa shape index (κ1) is 18.9. The van der Waals surface area contributed by atoms with Crippen LogP contribution in [0.2, 0.25) is 0 Å². The molecule has 2 heterocycles. The minimum absolute atomic E-state index is 0.290. The number of rotatable bonds is 5. The van der Waals surface area contributed by atoms with E-state index >= 15 is 0 Å². The van der Waals surface area contributed by atoms with Crippen molar-refractivity contribution < 1.29 is 14.4 Å². The maximum Gasteiger partial charge on any atom is 0.329 e. The Morgan fingerprint density at radius 3 is 2.67 bits per heavy atom. The highest BCUT2D eigenvalue weighted by Gasteiger charge is 2.16. The monoisotopic (exact) mass is 422 g/mol. The summed E-state index contributed by atoms with van der Waals surface area (Å²) in [5.41, 5.74) is 6.12. The van der Waals surface area contributed by atoms with Gasteiger partial charge in [0.15, 0.2) is 11.2 Å². The summed E-state index contributed by atoms with van der Waals surface area (Å²) in [7, 11) is -4.09. The zero-order valence-electron chi connectivity index (χ0n) is 15.9. The van der Waals surface area contributed by atoms with E-state index in [9.17, 15) is 4.57 Å². The molecule has 0 radical (unpaired) electrons. The maximum atomic E-state index is 11.1. The van der Waals surface area contributed by atoms with E-state index in [1.807, 2.05) is 6.07 Å². The van der Waals surface area contributed by atoms with E-state index in [2.05, 4.69) is 37.7 Å². The van der Waals surface area contributed by atoms with Gasteiger partial charge in [-0.15, -0.1) is 5.10 Å². The fourth-order valence-corrected chi connectivity index (χ4v) is 4.40. The SMILES string of the molecule is O=P(O)(O)Cc1ccc(Nc2ncc3nnn(-c4ccc5c(c4)CCC5)c3n2)cc1. The molecule has 10 heteroatoms. The third-order valence-corrected chi connectivity index (χ3v) is 5.89. The summed E-state index contributed by atoms with van der Waals surface area (Å²) in [4.78, 5) is 27.0. The number of aromatic nitrogens is 5. The standard InChI is InChI=1S/C20H19N6O3P/c27-30(28,29)12-13-4-7-16(8-5-13)22-20-21-11-18-19(23-20)26(25-24-18)17-9-6-14-2-1-3-15(14)10-17/h4-11H,1-3,12H2,(H,21,22,23)(H2,27,28,29). The predicted molar refractivity (Wildman–Crippen MR) is 112 cm³/mol. The van der Waals surface area contributed by atoms with Crippen LogP contribution in [0.4, 0.5) is 11.6 Å². The van der Waals surface area contributed by atoms with Gasteiger partial charge in [0.05, 0.1) is 18.0 Å². The Labute approximate surface area is 172 Å². The lowest BCUT2D eigenvalue weighted by Gasteiger charge is -2.08. The topological polar surface area (TPSA) is 126 Å². The minimum atomic E-state index is -4.09. The molecule has 5 rings (SSSR count). The molecule has 30 heavy (non-hydrogen) atoms. The van der Waals surface area contributed by atoms with Crippen LogP contribution in [-0.4, -0.2) is 34.7 Å². The molecule has 2 aromatic heterocycles. The fourth-order valence-electron chi connectivity index (χ4n) is 3.71. The van der Waals surface area contributed by atoms with E-state index in [1.54, 1.807) is 35.1 Å². The molecule has 0 atom stereocenters. The second-order valence-corrected chi connectivity index (χ2v) is 9.00. The molecule has 1 aliphatic rings. The molecular formula is C20H19N6O3P. The van der Waals surface area contributed by atoms with Crippen LogP contribution >= 0.6 is 7.60 Å². The lowest BCUT2D eigenvalue weighted by molar-refractivity contribution is 0.371. The molecular weight excluding hydrogens is 403 g/mol. The summed E-state index contributed by atoms with van der Waals surface area (Å²) in [5, 5.41) is 11.5. The maximum absolute atomic E-state index is 11.1. The van der Waals surface area contributed by atoms with Gasteiger partial charge in [-0.2, -0.15) is 9.67 Å². The van der Waals surface area contributed by atoms with Crippen LogP contribution in [-0.2, 0) is 23.6 Å². The largest absolute Gasteiger partial charge is 0.329 e. The normalized spacial score (nSPS) is 13.5. The van der Waals surface area contributed by atoms with Gasteiger partial charge in [0.1, 0.15) is 0 Å². The van der Waals surface area contributed by atoms with E-state index < -0.39 is 7.60 Å². The minimum Gasteiger partial charge on any atom is -0.324 e. The van der Waals surface area contributed by atoms with E-state index in [0.717, 1.165) is 18.5 Å². The van der Waals surface area contributed by atoms with Crippen molar-refractivity contribution in [2.75, 3.05) is 5.32 Å². The Morgan fingerprint density at radius 1 is 1.07 bits per heavy atom. The number of anilines is 2. The number of nitrogens with one attached hydrogen (secondary N) is 1. The molecule has 0 aliphatic heterocycles. The second-order valence-electron chi connectivity index (χ2n) is 7.35. The highest BCUT2D eigenvalue weighted by molar-refractivity contribution is 7.50. The first-order valence-electron chi connectivity index (χ1n) is 9.56. The number of nitrogens with zero attached hydrogens (tertiary/aromatic N) is 5. The lowest BCUT2D eigenvalue weighted by Crippen LogP contribution is -2.02. The third-order valence-electron chi connectivity index (χ3n) is 5.12. The van der Waals surface area contributed by atoms with Crippen molar-refractivity contribution in [3.05, 3.63) is 65.4 Å². The van der Waals surface area contributed by atoms with E-state index in [1.165, 1.54) is 17.5 Å². The molecule has 9 nitrogen and oxygen atoms in total.